The lowest BCUT2D eigenvalue weighted by molar-refractivity contribution is 0.342. The minimum absolute atomic E-state index is 0.255. The first kappa shape index (κ1) is 17.7. The Labute approximate surface area is 129 Å². The van der Waals surface area contributed by atoms with Gasteiger partial charge in [0.1, 0.15) is 18.0 Å². The molecule has 0 fully saturated rings. The molecule has 1 aromatic rings. The molecular weight excluding hydrogens is 262 g/mol. The van der Waals surface area contributed by atoms with E-state index in [0.29, 0.717) is 11.7 Å². The quantitative estimate of drug-likeness (QED) is 0.366. The lowest BCUT2D eigenvalue weighted by Gasteiger charge is -2.26. The molecule has 1 rings (SSSR count). The molecule has 0 aliphatic rings. The van der Waals surface area contributed by atoms with Gasteiger partial charge in [0.2, 0.25) is 0 Å². The van der Waals surface area contributed by atoms with Crippen molar-refractivity contribution >= 4 is 11.6 Å². The highest BCUT2D eigenvalue weighted by molar-refractivity contribution is 5.58. The average Bonchev–Trinajstić information content (AvgIpc) is 2.44. The third-order valence-corrected chi connectivity index (χ3v) is 3.79. The van der Waals surface area contributed by atoms with Crippen molar-refractivity contribution in [2.75, 3.05) is 17.3 Å². The van der Waals surface area contributed by atoms with Crippen molar-refractivity contribution in [2.45, 2.75) is 66.2 Å². The number of rotatable bonds is 9. The second-order valence-electron chi connectivity index (χ2n) is 6.76. The van der Waals surface area contributed by atoms with Gasteiger partial charge in [0.05, 0.1) is 0 Å². The Morgan fingerprint density at radius 1 is 1.19 bits per heavy atom. The zero-order chi connectivity index (χ0) is 15.9. The molecule has 21 heavy (non-hydrogen) atoms. The molecule has 0 aromatic carbocycles. The summed E-state index contributed by atoms with van der Waals surface area (Å²) in [5.74, 6) is 7.45. The lowest BCUT2D eigenvalue weighted by Crippen LogP contribution is -2.24. The van der Waals surface area contributed by atoms with Crippen LogP contribution in [0.3, 0.4) is 0 Å². The van der Waals surface area contributed by atoms with Crippen molar-refractivity contribution in [1.29, 1.82) is 0 Å². The maximum Gasteiger partial charge on any atom is 0.148 e. The highest BCUT2D eigenvalue weighted by Crippen LogP contribution is 2.30. The molecule has 0 aliphatic carbocycles. The third kappa shape index (κ3) is 5.50. The van der Waals surface area contributed by atoms with Crippen LogP contribution >= 0.6 is 0 Å². The van der Waals surface area contributed by atoms with Crippen molar-refractivity contribution in [1.82, 2.24) is 9.97 Å². The summed E-state index contributed by atoms with van der Waals surface area (Å²) in [6, 6.07) is 0. The fourth-order valence-corrected chi connectivity index (χ4v) is 2.46. The van der Waals surface area contributed by atoms with Gasteiger partial charge in [0.15, 0.2) is 0 Å². The first-order chi connectivity index (χ1) is 9.91. The maximum atomic E-state index is 5.55. The van der Waals surface area contributed by atoms with Gasteiger partial charge in [0.25, 0.3) is 0 Å². The summed E-state index contributed by atoms with van der Waals surface area (Å²) in [4.78, 5) is 8.59. The summed E-state index contributed by atoms with van der Waals surface area (Å²) in [5.41, 5.74) is 3.97. The number of hydrazine groups is 1. The number of aromatic nitrogens is 2. The molecule has 4 N–H and O–H groups in total. The van der Waals surface area contributed by atoms with Crippen LogP contribution in [-0.2, 0) is 0 Å². The average molecular weight is 293 g/mol. The number of nitrogen functional groups attached to an aromatic ring is 1. The molecule has 0 spiro atoms. The summed E-state index contributed by atoms with van der Waals surface area (Å²) in [7, 11) is 0. The molecule has 0 unspecified atom stereocenters. The van der Waals surface area contributed by atoms with Crippen LogP contribution < -0.4 is 16.6 Å². The molecule has 120 valence electrons. The molecule has 0 saturated heterocycles. The predicted molar refractivity (Wildman–Crippen MR) is 90.3 cm³/mol. The number of nitrogens with two attached hydrogens (primary N) is 1. The van der Waals surface area contributed by atoms with E-state index in [4.69, 9.17) is 5.84 Å². The highest BCUT2D eigenvalue weighted by Gasteiger charge is 2.20. The van der Waals surface area contributed by atoms with E-state index in [0.717, 1.165) is 17.9 Å². The fourth-order valence-electron chi connectivity index (χ4n) is 2.46. The second kappa shape index (κ2) is 8.17. The second-order valence-corrected chi connectivity index (χ2v) is 6.76. The van der Waals surface area contributed by atoms with Crippen LogP contribution in [0.4, 0.5) is 11.6 Å². The van der Waals surface area contributed by atoms with E-state index in [1.807, 2.05) is 0 Å². The van der Waals surface area contributed by atoms with Crippen LogP contribution in [0.5, 0.6) is 0 Å². The van der Waals surface area contributed by atoms with E-state index in [-0.39, 0.29) is 5.41 Å². The fraction of sp³-hybridized carbons (Fsp3) is 0.750. The monoisotopic (exact) mass is 293 g/mol. The molecular formula is C16H31N5. The Morgan fingerprint density at radius 2 is 1.86 bits per heavy atom. The summed E-state index contributed by atoms with van der Waals surface area (Å²) in [6.45, 7) is 12.0. The standard InChI is InChI=1S/C16H31N5/c1-6-7-8-9-16(4,5)10-18-14-13(12(2)3)15(21-17)20-11-19-14/h11-12H,6-10,17H2,1-5H3,(H2,18,19,20,21). The lowest BCUT2D eigenvalue weighted by atomic mass is 9.87. The summed E-state index contributed by atoms with van der Waals surface area (Å²) in [5, 5.41) is 3.49. The Bertz CT molecular complexity index is 429. The molecule has 0 atom stereocenters. The van der Waals surface area contributed by atoms with E-state index in [2.05, 4.69) is 55.3 Å². The summed E-state index contributed by atoms with van der Waals surface area (Å²) in [6.07, 6.45) is 6.61. The molecule has 0 saturated carbocycles. The number of hydrogen-bond acceptors (Lipinski definition) is 5. The largest absolute Gasteiger partial charge is 0.369 e. The van der Waals surface area contributed by atoms with Gasteiger partial charge in [-0.15, -0.1) is 0 Å². The number of anilines is 2. The maximum absolute atomic E-state index is 5.55. The van der Waals surface area contributed by atoms with Crippen LogP contribution in [0, 0.1) is 5.41 Å². The van der Waals surface area contributed by atoms with Crippen LogP contribution in [0.15, 0.2) is 6.33 Å². The molecule has 1 heterocycles. The van der Waals surface area contributed by atoms with E-state index in [1.54, 1.807) is 6.33 Å². The molecule has 0 amide bonds. The van der Waals surface area contributed by atoms with Crippen molar-refractivity contribution in [3.63, 3.8) is 0 Å². The van der Waals surface area contributed by atoms with E-state index in [1.165, 1.54) is 25.7 Å². The summed E-state index contributed by atoms with van der Waals surface area (Å²) >= 11 is 0. The zero-order valence-electron chi connectivity index (χ0n) is 14.2. The number of hydrogen-bond donors (Lipinski definition) is 3. The van der Waals surface area contributed by atoms with Crippen molar-refractivity contribution in [3.05, 3.63) is 11.9 Å². The number of nitrogens with one attached hydrogen (secondary N) is 2. The Kier molecular flexibility index (Phi) is 6.89. The van der Waals surface area contributed by atoms with Gasteiger partial charge in [-0.3, -0.25) is 0 Å². The van der Waals surface area contributed by atoms with E-state index in [9.17, 15) is 0 Å². The van der Waals surface area contributed by atoms with E-state index < -0.39 is 0 Å². The Hall–Kier alpha value is -1.36. The molecule has 0 aliphatic heterocycles. The molecule has 0 radical (unpaired) electrons. The first-order valence-electron chi connectivity index (χ1n) is 7.96. The number of unbranched alkanes of at least 4 members (excludes halogenated alkanes) is 2. The Morgan fingerprint density at radius 3 is 2.43 bits per heavy atom. The van der Waals surface area contributed by atoms with Gasteiger partial charge in [-0.2, -0.15) is 0 Å². The van der Waals surface area contributed by atoms with Crippen LogP contribution in [-0.4, -0.2) is 16.5 Å². The van der Waals surface area contributed by atoms with Gasteiger partial charge in [-0.1, -0.05) is 53.9 Å². The topological polar surface area (TPSA) is 75.9 Å². The van der Waals surface area contributed by atoms with Gasteiger partial charge < -0.3 is 10.7 Å². The summed E-state index contributed by atoms with van der Waals surface area (Å²) < 4.78 is 0. The third-order valence-electron chi connectivity index (χ3n) is 3.79. The normalized spacial score (nSPS) is 11.8. The molecule has 1 aromatic heterocycles. The van der Waals surface area contributed by atoms with Crippen molar-refractivity contribution < 1.29 is 0 Å². The molecule has 0 bridgehead atoms. The molecule has 5 heteroatoms. The predicted octanol–water partition coefficient (Wildman–Crippen LogP) is 3.90. The van der Waals surface area contributed by atoms with E-state index >= 15 is 0 Å². The molecule has 5 nitrogen and oxygen atoms in total. The van der Waals surface area contributed by atoms with Crippen molar-refractivity contribution in [3.8, 4) is 0 Å². The van der Waals surface area contributed by atoms with Gasteiger partial charge in [-0.05, 0) is 17.8 Å². The van der Waals surface area contributed by atoms with Crippen LogP contribution in [0.25, 0.3) is 0 Å². The van der Waals surface area contributed by atoms with Crippen LogP contribution in [0.2, 0.25) is 0 Å². The van der Waals surface area contributed by atoms with Crippen molar-refractivity contribution in [2.24, 2.45) is 11.3 Å². The highest BCUT2D eigenvalue weighted by atomic mass is 15.3. The Balaban J connectivity index is 2.74. The van der Waals surface area contributed by atoms with Gasteiger partial charge >= 0.3 is 0 Å². The zero-order valence-corrected chi connectivity index (χ0v) is 14.2. The van der Waals surface area contributed by atoms with Gasteiger partial charge in [0, 0.05) is 12.1 Å². The smallest absolute Gasteiger partial charge is 0.148 e. The number of nitrogens with zero attached hydrogens (tertiary/aromatic N) is 2. The minimum atomic E-state index is 0.255. The SMILES string of the molecule is CCCCCC(C)(C)CNc1ncnc(NN)c1C(C)C. The minimum Gasteiger partial charge on any atom is -0.369 e. The van der Waals surface area contributed by atoms with Crippen LogP contribution in [0.1, 0.15) is 71.8 Å². The van der Waals surface area contributed by atoms with Gasteiger partial charge in [-0.25, -0.2) is 15.8 Å². The first-order valence-corrected chi connectivity index (χ1v) is 7.96.